The van der Waals surface area contributed by atoms with Gasteiger partial charge in [0.2, 0.25) is 11.9 Å². The van der Waals surface area contributed by atoms with E-state index in [0.29, 0.717) is 40.4 Å². The molecule has 31 heavy (non-hydrogen) atoms. The van der Waals surface area contributed by atoms with Gasteiger partial charge in [-0.2, -0.15) is 0 Å². The van der Waals surface area contributed by atoms with Gasteiger partial charge in [-0.25, -0.2) is 0 Å². The first-order valence-corrected chi connectivity index (χ1v) is 11.4. The van der Waals surface area contributed by atoms with Crippen molar-refractivity contribution < 1.29 is 9.59 Å². The number of thioether (sulfide) groups is 1. The van der Waals surface area contributed by atoms with Crippen LogP contribution in [0.15, 0.2) is 47.6 Å². The molecule has 160 valence electrons. The first-order chi connectivity index (χ1) is 15.0. The van der Waals surface area contributed by atoms with Crippen molar-refractivity contribution in [2.45, 2.75) is 43.6 Å². The van der Waals surface area contributed by atoms with E-state index in [-0.39, 0.29) is 11.8 Å². The Balaban J connectivity index is 1.48. The van der Waals surface area contributed by atoms with Crippen LogP contribution >= 0.6 is 23.4 Å². The highest BCUT2D eigenvalue weighted by atomic mass is 35.5. The molecular weight excluding hydrogens is 434 g/mol. The van der Waals surface area contributed by atoms with Crippen LogP contribution in [0.4, 0.5) is 11.6 Å². The highest BCUT2D eigenvalue weighted by Gasteiger charge is 2.18. The molecule has 9 heteroatoms. The second kappa shape index (κ2) is 9.53. The Bertz CT molecular complexity index is 1130. The Kier molecular flexibility index (Phi) is 6.58. The molecule has 2 aromatic carbocycles. The van der Waals surface area contributed by atoms with Gasteiger partial charge in [-0.05, 0) is 55.2 Å². The highest BCUT2D eigenvalue weighted by Crippen LogP contribution is 2.28. The minimum atomic E-state index is -0.261. The highest BCUT2D eigenvalue weighted by molar-refractivity contribution is 7.98. The van der Waals surface area contributed by atoms with Crippen molar-refractivity contribution in [3.8, 4) is 0 Å². The molecule has 1 aromatic heterocycles. The van der Waals surface area contributed by atoms with E-state index < -0.39 is 0 Å². The van der Waals surface area contributed by atoms with Gasteiger partial charge in [-0.3, -0.25) is 19.5 Å². The van der Waals surface area contributed by atoms with Crippen LogP contribution < -0.4 is 10.6 Å². The Morgan fingerprint density at radius 1 is 1.23 bits per heavy atom. The van der Waals surface area contributed by atoms with Crippen LogP contribution in [-0.2, 0) is 23.5 Å². The number of benzene rings is 2. The number of carbonyl (C=O) groups is 2. The predicted molar refractivity (Wildman–Crippen MR) is 123 cm³/mol. The maximum absolute atomic E-state index is 12.8. The van der Waals surface area contributed by atoms with Crippen molar-refractivity contribution in [3.63, 3.8) is 0 Å². The molecule has 0 atom stereocenters. The molecule has 0 unspecified atom stereocenters. The molecule has 0 bridgehead atoms. The van der Waals surface area contributed by atoms with Gasteiger partial charge in [0.25, 0.3) is 5.91 Å². The summed E-state index contributed by atoms with van der Waals surface area (Å²) in [6.07, 6.45) is 2.01. The number of fused-ring (bicyclic) bond motifs is 1. The van der Waals surface area contributed by atoms with Crippen molar-refractivity contribution >= 4 is 46.8 Å². The van der Waals surface area contributed by atoms with E-state index in [9.17, 15) is 9.59 Å². The maximum atomic E-state index is 12.8. The van der Waals surface area contributed by atoms with Crippen LogP contribution in [0, 0.1) is 0 Å². The van der Waals surface area contributed by atoms with E-state index in [4.69, 9.17) is 11.6 Å². The zero-order valence-corrected chi connectivity index (χ0v) is 18.6. The fourth-order valence-corrected chi connectivity index (χ4v) is 4.71. The summed E-state index contributed by atoms with van der Waals surface area (Å²) in [6.45, 7) is 2.59. The first kappa shape index (κ1) is 21.4. The first-order valence-electron chi connectivity index (χ1n) is 10.1. The third kappa shape index (κ3) is 4.91. The lowest BCUT2D eigenvalue weighted by Crippen LogP contribution is -2.16. The Labute approximate surface area is 189 Å². The lowest BCUT2D eigenvalue weighted by Gasteiger charge is -2.11. The summed E-state index contributed by atoms with van der Waals surface area (Å²) >= 11 is 7.76. The van der Waals surface area contributed by atoms with E-state index in [1.165, 1.54) is 11.8 Å². The second-order valence-corrected chi connectivity index (χ2v) is 8.51. The van der Waals surface area contributed by atoms with Crippen molar-refractivity contribution in [1.29, 1.82) is 0 Å². The minimum absolute atomic E-state index is 0.00817. The lowest BCUT2D eigenvalue weighted by atomic mass is 10.0. The zero-order chi connectivity index (χ0) is 21.8. The standard InChI is InChI=1S/C22H22ClN5O2S/c1-2-28-21(26-27-22(28)31-13-16-6-3-4-8-17(16)23)25-20(30)15-10-11-18-14(12-15)7-5-9-19(29)24-18/h3-4,6,8,10-12H,2,5,7,9,13H2,1H3,(H,24,29)(H,25,26,30). The molecule has 7 nitrogen and oxygen atoms in total. The van der Waals surface area contributed by atoms with Crippen LogP contribution in [0.5, 0.6) is 0 Å². The van der Waals surface area contributed by atoms with Crippen LogP contribution in [0.3, 0.4) is 0 Å². The SMILES string of the molecule is CCn1c(NC(=O)c2ccc3c(c2)CCCC(=O)N3)nnc1SCc1ccccc1Cl. The molecule has 1 aliphatic rings. The fraction of sp³-hybridized carbons (Fsp3) is 0.273. The molecule has 0 spiro atoms. The monoisotopic (exact) mass is 455 g/mol. The molecule has 3 aromatic rings. The summed E-state index contributed by atoms with van der Waals surface area (Å²) in [7, 11) is 0. The van der Waals surface area contributed by atoms with Crippen LogP contribution in [0.1, 0.15) is 41.3 Å². The van der Waals surface area contributed by atoms with Gasteiger partial charge in [0.15, 0.2) is 5.16 Å². The molecule has 0 saturated heterocycles. The number of rotatable bonds is 6. The number of hydrogen-bond donors (Lipinski definition) is 2. The Morgan fingerprint density at radius 2 is 2.06 bits per heavy atom. The van der Waals surface area contributed by atoms with Crippen molar-refractivity contribution in [1.82, 2.24) is 14.8 Å². The average molecular weight is 456 g/mol. The number of nitrogens with one attached hydrogen (secondary N) is 2. The number of anilines is 2. The molecule has 0 radical (unpaired) electrons. The van der Waals surface area contributed by atoms with E-state index >= 15 is 0 Å². The summed E-state index contributed by atoms with van der Waals surface area (Å²) in [5.41, 5.74) is 3.27. The van der Waals surface area contributed by atoms with Gasteiger partial charge < -0.3 is 5.32 Å². The Hall–Kier alpha value is -2.84. The predicted octanol–water partition coefficient (Wildman–Crippen LogP) is 4.77. The van der Waals surface area contributed by atoms with Gasteiger partial charge in [0.1, 0.15) is 0 Å². The fourth-order valence-electron chi connectivity index (χ4n) is 3.42. The number of hydrogen-bond acceptors (Lipinski definition) is 5. The normalized spacial score (nSPS) is 13.3. The summed E-state index contributed by atoms with van der Waals surface area (Å²) < 4.78 is 1.86. The third-order valence-corrected chi connectivity index (χ3v) is 6.45. The van der Waals surface area contributed by atoms with Gasteiger partial charge in [-0.15, -0.1) is 10.2 Å². The largest absolute Gasteiger partial charge is 0.326 e. The number of halogens is 1. The van der Waals surface area contributed by atoms with Crippen molar-refractivity contribution in [2.24, 2.45) is 0 Å². The Morgan fingerprint density at radius 3 is 2.87 bits per heavy atom. The molecule has 1 aliphatic heterocycles. The average Bonchev–Trinajstić information content (AvgIpc) is 3.04. The molecule has 2 heterocycles. The van der Waals surface area contributed by atoms with Crippen molar-refractivity contribution in [3.05, 3.63) is 64.2 Å². The van der Waals surface area contributed by atoms with Crippen LogP contribution in [-0.4, -0.2) is 26.6 Å². The summed E-state index contributed by atoms with van der Waals surface area (Å²) in [6, 6.07) is 13.0. The van der Waals surface area contributed by atoms with Crippen LogP contribution in [0.2, 0.25) is 5.02 Å². The van der Waals surface area contributed by atoms with Crippen LogP contribution in [0.25, 0.3) is 0 Å². The summed E-state index contributed by atoms with van der Waals surface area (Å²) in [4.78, 5) is 24.6. The zero-order valence-electron chi connectivity index (χ0n) is 17.0. The quantitative estimate of drug-likeness (QED) is 0.522. The molecular formula is C22H22ClN5O2S. The van der Waals surface area contributed by atoms with Gasteiger partial charge in [0, 0.05) is 35.0 Å². The molecule has 0 aliphatic carbocycles. The van der Waals surface area contributed by atoms with E-state index in [1.807, 2.05) is 41.8 Å². The molecule has 4 rings (SSSR count). The number of carbonyl (C=O) groups excluding carboxylic acids is 2. The smallest absolute Gasteiger partial charge is 0.258 e. The maximum Gasteiger partial charge on any atom is 0.258 e. The van der Waals surface area contributed by atoms with Gasteiger partial charge in [0.05, 0.1) is 0 Å². The van der Waals surface area contributed by atoms with E-state index in [2.05, 4.69) is 20.8 Å². The van der Waals surface area contributed by atoms with E-state index in [1.54, 1.807) is 12.1 Å². The minimum Gasteiger partial charge on any atom is -0.326 e. The van der Waals surface area contributed by atoms with Gasteiger partial charge >= 0.3 is 0 Å². The molecule has 0 saturated carbocycles. The number of amides is 2. The number of nitrogens with zero attached hydrogens (tertiary/aromatic N) is 3. The molecule has 2 N–H and O–H groups in total. The molecule has 0 fully saturated rings. The number of aryl methyl sites for hydroxylation is 1. The van der Waals surface area contributed by atoms with E-state index in [0.717, 1.165) is 29.7 Å². The summed E-state index contributed by atoms with van der Waals surface area (Å²) in [5.74, 6) is 0.803. The van der Waals surface area contributed by atoms with Gasteiger partial charge in [-0.1, -0.05) is 41.6 Å². The number of aromatic nitrogens is 3. The topological polar surface area (TPSA) is 88.9 Å². The second-order valence-electron chi connectivity index (χ2n) is 7.16. The molecule has 2 amide bonds. The summed E-state index contributed by atoms with van der Waals surface area (Å²) in [5, 5.41) is 15.6. The third-order valence-electron chi connectivity index (χ3n) is 5.06. The van der Waals surface area contributed by atoms with Crippen molar-refractivity contribution in [2.75, 3.05) is 10.6 Å². The lowest BCUT2D eigenvalue weighted by molar-refractivity contribution is -0.116.